The zero-order chi connectivity index (χ0) is 20.7. The third kappa shape index (κ3) is 3.46. The van der Waals surface area contributed by atoms with E-state index in [2.05, 4.69) is 29.9 Å². The van der Waals surface area contributed by atoms with E-state index in [-0.39, 0.29) is 6.04 Å². The maximum atomic E-state index is 6.37. The Labute approximate surface area is 178 Å². The Morgan fingerprint density at radius 1 is 1.07 bits per heavy atom. The third-order valence-electron chi connectivity index (χ3n) is 5.14. The number of pyridine rings is 1. The Kier molecular flexibility index (Phi) is 4.76. The lowest BCUT2D eigenvalue weighted by atomic mass is 10.1. The number of aromatic nitrogens is 7. The molecule has 0 unspecified atom stereocenters. The van der Waals surface area contributed by atoms with Crippen LogP contribution in [-0.4, -0.2) is 53.8 Å². The van der Waals surface area contributed by atoms with E-state index in [1.165, 1.54) is 0 Å². The van der Waals surface area contributed by atoms with Gasteiger partial charge in [0.2, 0.25) is 0 Å². The average molecular weight is 422 g/mol. The van der Waals surface area contributed by atoms with Crippen molar-refractivity contribution in [1.82, 2.24) is 34.7 Å². The predicted octanol–water partition coefficient (Wildman–Crippen LogP) is 2.56. The maximum Gasteiger partial charge on any atom is 0.174 e. The molecule has 152 valence electrons. The summed E-state index contributed by atoms with van der Waals surface area (Å²) in [6.45, 7) is 3.46. The monoisotopic (exact) mass is 421 g/mol. The highest BCUT2D eigenvalue weighted by Gasteiger charge is 2.22. The van der Waals surface area contributed by atoms with Crippen molar-refractivity contribution in [1.29, 1.82) is 0 Å². The molecule has 0 bridgehead atoms. The molecular formula is C20H20ClN9. The van der Waals surface area contributed by atoms with Gasteiger partial charge in [-0.05, 0) is 25.8 Å². The molecule has 1 aliphatic heterocycles. The number of rotatable bonds is 3. The van der Waals surface area contributed by atoms with Crippen molar-refractivity contribution in [3.05, 3.63) is 47.9 Å². The molecule has 0 amide bonds. The molecule has 1 aliphatic rings. The van der Waals surface area contributed by atoms with E-state index in [1.54, 1.807) is 35.7 Å². The Morgan fingerprint density at radius 2 is 1.97 bits per heavy atom. The SMILES string of the molecule is Cc1cncc(-c2cc3c(cn2)cnn3-c2cnc(Cl)c(N3CCC[C@H](N)C3)n2)n1. The molecule has 0 saturated carbocycles. The number of halogens is 1. The molecule has 1 saturated heterocycles. The van der Waals surface area contributed by atoms with Crippen LogP contribution in [0.4, 0.5) is 5.82 Å². The fourth-order valence-corrected chi connectivity index (χ4v) is 3.90. The van der Waals surface area contributed by atoms with Crippen molar-refractivity contribution >= 4 is 28.3 Å². The molecule has 4 aromatic heterocycles. The van der Waals surface area contributed by atoms with Crippen LogP contribution in [0.1, 0.15) is 18.5 Å². The van der Waals surface area contributed by atoms with Gasteiger partial charge in [0.15, 0.2) is 16.8 Å². The molecule has 1 atom stereocenters. The minimum atomic E-state index is 0.106. The van der Waals surface area contributed by atoms with Crippen LogP contribution in [0.15, 0.2) is 37.1 Å². The van der Waals surface area contributed by atoms with E-state index in [4.69, 9.17) is 22.3 Å². The minimum Gasteiger partial charge on any atom is -0.352 e. The summed E-state index contributed by atoms with van der Waals surface area (Å²) in [5.74, 6) is 1.21. The van der Waals surface area contributed by atoms with Crippen LogP contribution in [0.2, 0.25) is 5.15 Å². The van der Waals surface area contributed by atoms with E-state index in [9.17, 15) is 0 Å². The molecule has 0 radical (unpaired) electrons. The summed E-state index contributed by atoms with van der Waals surface area (Å²) in [6, 6.07) is 2.04. The minimum absolute atomic E-state index is 0.106. The number of aryl methyl sites for hydroxylation is 1. The van der Waals surface area contributed by atoms with Gasteiger partial charge in [0.25, 0.3) is 0 Å². The normalized spacial score (nSPS) is 16.9. The van der Waals surface area contributed by atoms with E-state index in [0.717, 1.165) is 36.0 Å². The second kappa shape index (κ2) is 7.58. The van der Waals surface area contributed by atoms with Crippen LogP contribution >= 0.6 is 11.6 Å². The van der Waals surface area contributed by atoms with Crippen LogP contribution in [0, 0.1) is 6.92 Å². The van der Waals surface area contributed by atoms with Crippen molar-refractivity contribution < 1.29 is 0 Å². The molecule has 0 spiro atoms. The molecule has 5 heterocycles. The van der Waals surface area contributed by atoms with Crippen LogP contribution in [-0.2, 0) is 0 Å². The van der Waals surface area contributed by atoms with Crippen LogP contribution in [0.25, 0.3) is 28.1 Å². The van der Waals surface area contributed by atoms with Gasteiger partial charge in [-0.25, -0.2) is 19.6 Å². The second-order valence-corrected chi connectivity index (χ2v) is 7.78. The number of fused-ring (bicyclic) bond motifs is 1. The first kappa shape index (κ1) is 18.8. The van der Waals surface area contributed by atoms with Crippen LogP contribution in [0.5, 0.6) is 0 Å². The fraction of sp³-hybridized carbons (Fsp3) is 0.300. The lowest BCUT2D eigenvalue weighted by Crippen LogP contribution is -2.43. The number of hydrogen-bond acceptors (Lipinski definition) is 8. The number of piperidine rings is 1. The van der Waals surface area contributed by atoms with Gasteiger partial charge in [0.1, 0.15) is 5.69 Å². The highest BCUT2D eigenvalue weighted by Crippen LogP contribution is 2.27. The Morgan fingerprint density at radius 3 is 2.80 bits per heavy atom. The van der Waals surface area contributed by atoms with Gasteiger partial charge in [0, 0.05) is 36.9 Å². The van der Waals surface area contributed by atoms with Gasteiger partial charge in [-0.3, -0.25) is 9.97 Å². The molecule has 30 heavy (non-hydrogen) atoms. The first-order valence-electron chi connectivity index (χ1n) is 9.75. The smallest absolute Gasteiger partial charge is 0.174 e. The average Bonchev–Trinajstić information content (AvgIpc) is 3.17. The zero-order valence-electron chi connectivity index (χ0n) is 16.4. The van der Waals surface area contributed by atoms with Crippen molar-refractivity contribution in [3.63, 3.8) is 0 Å². The molecular weight excluding hydrogens is 402 g/mol. The van der Waals surface area contributed by atoms with Gasteiger partial charge in [-0.1, -0.05) is 11.6 Å². The summed E-state index contributed by atoms with van der Waals surface area (Å²) in [4.78, 5) is 24.4. The van der Waals surface area contributed by atoms with Gasteiger partial charge in [0.05, 0.1) is 35.5 Å². The van der Waals surface area contributed by atoms with E-state index < -0.39 is 0 Å². The fourth-order valence-electron chi connectivity index (χ4n) is 3.69. The van der Waals surface area contributed by atoms with Crippen LogP contribution in [0.3, 0.4) is 0 Å². The van der Waals surface area contributed by atoms with Gasteiger partial charge < -0.3 is 10.6 Å². The van der Waals surface area contributed by atoms with Gasteiger partial charge >= 0.3 is 0 Å². The highest BCUT2D eigenvalue weighted by atomic mass is 35.5. The van der Waals surface area contributed by atoms with E-state index in [0.29, 0.717) is 34.7 Å². The molecule has 4 aromatic rings. The van der Waals surface area contributed by atoms with Crippen molar-refractivity contribution in [2.75, 3.05) is 18.0 Å². The molecule has 2 N–H and O–H groups in total. The standard InChI is InChI=1S/C20H20ClN9/c1-12-6-23-9-16(27-12)15-5-17-13(7-24-15)8-26-30(17)18-10-25-19(21)20(28-18)29-4-2-3-14(22)11-29/h5-10,14H,2-4,11,22H2,1H3/t14-/m0/s1. The third-order valence-corrected chi connectivity index (χ3v) is 5.41. The lowest BCUT2D eigenvalue weighted by molar-refractivity contribution is 0.502. The number of nitrogens with zero attached hydrogens (tertiary/aromatic N) is 8. The zero-order valence-corrected chi connectivity index (χ0v) is 17.2. The molecule has 1 fully saturated rings. The number of nitrogens with two attached hydrogens (primary N) is 1. The molecule has 9 nitrogen and oxygen atoms in total. The topological polar surface area (TPSA) is 112 Å². The largest absolute Gasteiger partial charge is 0.352 e. The summed E-state index contributed by atoms with van der Waals surface area (Å²) >= 11 is 6.37. The second-order valence-electron chi connectivity index (χ2n) is 7.42. The Hall–Kier alpha value is -3.17. The summed E-state index contributed by atoms with van der Waals surface area (Å²) in [5, 5.41) is 5.75. The van der Waals surface area contributed by atoms with Gasteiger partial charge in [-0.2, -0.15) is 5.10 Å². The van der Waals surface area contributed by atoms with Crippen molar-refractivity contribution in [2.24, 2.45) is 5.73 Å². The highest BCUT2D eigenvalue weighted by molar-refractivity contribution is 6.31. The van der Waals surface area contributed by atoms with Gasteiger partial charge in [-0.15, -0.1) is 0 Å². The predicted molar refractivity (Wildman–Crippen MR) is 115 cm³/mol. The Balaban J connectivity index is 1.58. The summed E-state index contributed by atoms with van der Waals surface area (Å²) in [6.07, 6.45) is 10.6. The molecule has 0 aromatic carbocycles. The molecule has 5 rings (SSSR count). The van der Waals surface area contributed by atoms with Crippen molar-refractivity contribution in [3.8, 4) is 17.2 Å². The molecule has 0 aliphatic carbocycles. The number of hydrogen-bond donors (Lipinski definition) is 1. The maximum absolute atomic E-state index is 6.37. The lowest BCUT2D eigenvalue weighted by Gasteiger charge is -2.31. The first-order valence-corrected chi connectivity index (χ1v) is 10.1. The Bertz CT molecular complexity index is 1220. The quantitative estimate of drug-likeness (QED) is 0.537. The summed E-state index contributed by atoms with van der Waals surface area (Å²) in [5.41, 5.74) is 9.23. The van der Waals surface area contributed by atoms with E-state index in [1.807, 2.05) is 13.0 Å². The summed E-state index contributed by atoms with van der Waals surface area (Å²) in [7, 11) is 0. The molecule has 10 heteroatoms. The van der Waals surface area contributed by atoms with Crippen LogP contribution < -0.4 is 10.6 Å². The summed E-state index contributed by atoms with van der Waals surface area (Å²) < 4.78 is 1.74. The number of anilines is 1. The first-order chi connectivity index (χ1) is 14.6. The van der Waals surface area contributed by atoms with E-state index >= 15 is 0 Å². The van der Waals surface area contributed by atoms with Crippen molar-refractivity contribution in [2.45, 2.75) is 25.8 Å².